The summed E-state index contributed by atoms with van der Waals surface area (Å²) < 4.78 is 3.74. The predicted molar refractivity (Wildman–Crippen MR) is 80.5 cm³/mol. The lowest BCUT2D eigenvalue weighted by atomic mass is 10.1. The molecule has 0 spiro atoms. The van der Waals surface area contributed by atoms with E-state index in [4.69, 9.17) is 0 Å². The Morgan fingerprint density at radius 1 is 1.18 bits per heavy atom. The minimum atomic E-state index is 0.686. The summed E-state index contributed by atoms with van der Waals surface area (Å²) in [5.41, 5.74) is 3.10. The SMILES string of the molecule is Cn1nnnc1Cc1cccc(-n2ccc3cncnc32)c1. The molecule has 0 unspecified atom stereocenters. The highest BCUT2D eigenvalue weighted by molar-refractivity contribution is 5.76. The Labute approximate surface area is 126 Å². The fourth-order valence-electron chi connectivity index (χ4n) is 2.48. The lowest BCUT2D eigenvalue weighted by Gasteiger charge is -2.07. The molecule has 4 rings (SSSR count). The number of aromatic nitrogens is 7. The zero-order chi connectivity index (χ0) is 14.9. The van der Waals surface area contributed by atoms with Gasteiger partial charge in [-0.15, -0.1) is 5.10 Å². The summed E-state index contributed by atoms with van der Waals surface area (Å²) >= 11 is 0. The van der Waals surface area contributed by atoms with E-state index in [1.54, 1.807) is 11.0 Å². The number of fused-ring (bicyclic) bond motifs is 1. The highest BCUT2D eigenvalue weighted by Crippen LogP contribution is 2.19. The Morgan fingerprint density at radius 2 is 2.14 bits per heavy atom. The zero-order valence-corrected chi connectivity index (χ0v) is 12.0. The van der Waals surface area contributed by atoms with Gasteiger partial charge >= 0.3 is 0 Å². The summed E-state index contributed by atoms with van der Waals surface area (Å²) in [4.78, 5) is 8.40. The Balaban J connectivity index is 1.74. The molecule has 108 valence electrons. The van der Waals surface area contributed by atoms with Crippen LogP contribution in [0.25, 0.3) is 16.7 Å². The Morgan fingerprint density at radius 3 is 3.00 bits per heavy atom. The third-order valence-electron chi connectivity index (χ3n) is 3.61. The highest BCUT2D eigenvalue weighted by Gasteiger charge is 2.07. The van der Waals surface area contributed by atoms with Crippen molar-refractivity contribution in [1.82, 2.24) is 34.7 Å². The van der Waals surface area contributed by atoms with Crippen LogP contribution in [0.3, 0.4) is 0 Å². The summed E-state index contributed by atoms with van der Waals surface area (Å²) in [6, 6.07) is 10.3. The quantitative estimate of drug-likeness (QED) is 0.572. The largest absolute Gasteiger partial charge is 0.301 e. The predicted octanol–water partition coefficient (Wildman–Crippen LogP) is 1.53. The van der Waals surface area contributed by atoms with E-state index in [1.807, 2.05) is 31.6 Å². The molecule has 0 bridgehead atoms. The smallest absolute Gasteiger partial charge is 0.155 e. The van der Waals surface area contributed by atoms with Crippen molar-refractivity contribution in [3.8, 4) is 5.69 Å². The molecule has 0 aliphatic heterocycles. The van der Waals surface area contributed by atoms with Crippen LogP contribution in [0, 0.1) is 0 Å². The molecule has 0 aliphatic carbocycles. The van der Waals surface area contributed by atoms with Gasteiger partial charge in [-0.25, -0.2) is 14.6 Å². The van der Waals surface area contributed by atoms with Crippen LogP contribution in [0.15, 0.2) is 49.1 Å². The molecule has 1 aromatic carbocycles. The van der Waals surface area contributed by atoms with Crippen molar-refractivity contribution in [2.75, 3.05) is 0 Å². The molecule has 0 fully saturated rings. The van der Waals surface area contributed by atoms with Crippen LogP contribution < -0.4 is 0 Å². The van der Waals surface area contributed by atoms with Crippen LogP contribution in [-0.4, -0.2) is 34.7 Å². The van der Waals surface area contributed by atoms with Crippen LogP contribution in [0.1, 0.15) is 11.4 Å². The molecule has 0 atom stereocenters. The molecule has 3 heterocycles. The van der Waals surface area contributed by atoms with Crippen molar-refractivity contribution in [2.24, 2.45) is 7.05 Å². The third-order valence-corrected chi connectivity index (χ3v) is 3.61. The molecule has 3 aromatic heterocycles. The number of aryl methyl sites for hydroxylation is 1. The van der Waals surface area contributed by atoms with Gasteiger partial charge < -0.3 is 4.57 Å². The van der Waals surface area contributed by atoms with E-state index in [9.17, 15) is 0 Å². The lowest BCUT2D eigenvalue weighted by Crippen LogP contribution is -2.01. The second-order valence-corrected chi connectivity index (χ2v) is 5.05. The Kier molecular flexibility index (Phi) is 2.89. The Hall–Kier alpha value is -3.09. The van der Waals surface area contributed by atoms with Gasteiger partial charge in [-0.3, -0.25) is 0 Å². The number of hydrogen-bond donors (Lipinski definition) is 0. The van der Waals surface area contributed by atoms with Gasteiger partial charge in [-0.2, -0.15) is 0 Å². The maximum atomic E-state index is 4.35. The van der Waals surface area contributed by atoms with Crippen molar-refractivity contribution in [2.45, 2.75) is 6.42 Å². The minimum Gasteiger partial charge on any atom is -0.301 e. The first kappa shape index (κ1) is 12.6. The third kappa shape index (κ3) is 2.12. The molecule has 0 aliphatic rings. The molecule has 7 heteroatoms. The van der Waals surface area contributed by atoms with Crippen LogP contribution in [0.4, 0.5) is 0 Å². The van der Waals surface area contributed by atoms with E-state index in [-0.39, 0.29) is 0 Å². The molecular weight excluding hydrogens is 278 g/mol. The normalized spacial score (nSPS) is 11.1. The van der Waals surface area contributed by atoms with Crippen molar-refractivity contribution in [3.63, 3.8) is 0 Å². The molecular formula is C15H13N7. The molecule has 7 nitrogen and oxygen atoms in total. The molecule has 0 radical (unpaired) electrons. The number of hydrogen-bond acceptors (Lipinski definition) is 5. The van der Waals surface area contributed by atoms with Gasteiger partial charge in [-0.05, 0) is 34.2 Å². The first-order valence-corrected chi connectivity index (χ1v) is 6.89. The average Bonchev–Trinajstić information content (AvgIpc) is 3.14. The number of benzene rings is 1. The number of tetrazole rings is 1. The van der Waals surface area contributed by atoms with E-state index in [2.05, 4.69) is 48.3 Å². The van der Waals surface area contributed by atoms with E-state index < -0.39 is 0 Å². The van der Waals surface area contributed by atoms with Gasteiger partial charge in [0.05, 0.1) is 0 Å². The fourth-order valence-corrected chi connectivity index (χ4v) is 2.48. The fraction of sp³-hybridized carbons (Fsp3) is 0.133. The van der Waals surface area contributed by atoms with E-state index in [1.165, 1.54) is 0 Å². The van der Waals surface area contributed by atoms with Crippen LogP contribution in [0.2, 0.25) is 0 Å². The highest BCUT2D eigenvalue weighted by atomic mass is 15.5. The van der Waals surface area contributed by atoms with Gasteiger partial charge in [0, 0.05) is 36.9 Å². The topological polar surface area (TPSA) is 74.3 Å². The van der Waals surface area contributed by atoms with Gasteiger partial charge in [-0.1, -0.05) is 12.1 Å². The van der Waals surface area contributed by atoms with Gasteiger partial charge in [0.2, 0.25) is 0 Å². The van der Waals surface area contributed by atoms with Crippen molar-refractivity contribution >= 4 is 11.0 Å². The molecule has 0 saturated carbocycles. The second kappa shape index (κ2) is 5.03. The maximum Gasteiger partial charge on any atom is 0.155 e. The summed E-state index contributed by atoms with van der Waals surface area (Å²) in [6.45, 7) is 0. The monoisotopic (exact) mass is 291 g/mol. The summed E-state index contributed by atoms with van der Waals surface area (Å²) in [7, 11) is 1.84. The molecule has 22 heavy (non-hydrogen) atoms. The average molecular weight is 291 g/mol. The summed E-state index contributed by atoms with van der Waals surface area (Å²) in [6.07, 6.45) is 6.07. The minimum absolute atomic E-state index is 0.686. The lowest BCUT2D eigenvalue weighted by molar-refractivity contribution is 0.686. The number of rotatable bonds is 3. The van der Waals surface area contributed by atoms with E-state index in [0.717, 1.165) is 28.1 Å². The van der Waals surface area contributed by atoms with Crippen molar-refractivity contribution < 1.29 is 0 Å². The van der Waals surface area contributed by atoms with Crippen LogP contribution >= 0.6 is 0 Å². The first-order chi connectivity index (χ1) is 10.8. The maximum absolute atomic E-state index is 4.35. The molecule has 0 N–H and O–H groups in total. The Bertz CT molecular complexity index is 938. The first-order valence-electron chi connectivity index (χ1n) is 6.89. The molecule has 0 amide bonds. The second-order valence-electron chi connectivity index (χ2n) is 5.05. The summed E-state index contributed by atoms with van der Waals surface area (Å²) in [5, 5.41) is 12.6. The molecule has 0 saturated heterocycles. The van der Waals surface area contributed by atoms with E-state index >= 15 is 0 Å². The van der Waals surface area contributed by atoms with Gasteiger partial charge in [0.25, 0.3) is 0 Å². The zero-order valence-electron chi connectivity index (χ0n) is 12.0. The van der Waals surface area contributed by atoms with Crippen molar-refractivity contribution in [3.05, 3.63) is 60.4 Å². The van der Waals surface area contributed by atoms with Gasteiger partial charge in [0.1, 0.15) is 12.0 Å². The van der Waals surface area contributed by atoms with Crippen molar-refractivity contribution in [1.29, 1.82) is 0 Å². The molecule has 4 aromatic rings. The number of nitrogens with zero attached hydrogens (tertiary/aromatic N) is 7. The standard InChI is InChI=1S/C15H13N7/c1-21-14(18-19-20-21)8-11-3-2-4-13(7-11)22-6-5-12-9-16-10-17-15(12)22/h2-7,9-10H,8H2,1H3. The van der Waals surface area contributed by atoms with Crippen LogP contribution in [-0.2, 0) is 13.5 Å². The van der Waals surface area contributed by atoms with E-state index in [0.29, 0.717) is 6.42 Å². The summed E-state index contributed by atoms with van der Waals surface area (Å²) in [5.74, 6) is 0.830. The van der Waals surface area contributed by atoms with Crippen LogP contribution in [0.5, 0.6) is 0 Å². The van der Waals surface area contributed by atoms with Gasteiger partial charge in [0.15, 0.2) is 5.82 Å².